The highest BCUT2D eigenvalue weighted by Crippen LogP contribution is 2.32. The van der Waals surface area contributed by atoms with E-state index < -0.39 is 0 Å². The van der Waals surface area contributed by atoms with E-state index in [0.29, 0.717) is 30.7 Å². The molecular formula is C14H20ClN3O2S. The van der Waals surface area contributed by atoms with Gasteiger partial charge in [0.05, 0.1) is 25.1 Å². The Morgan fingerprint density at radius 1 is 1.29 bits per heavy atom. The molecule has 2 heterocycles. The summed E-state index contributed by atoms with van der Waals surface area (Å²) in [6.45, 7) is 6.64. The fourth-order valence-electron chi connectivity index (χ4n) is 2.14. The maximum Gasteiger partial charge on any atom is 0.145 e. The molecule has 0 spiro atoms. The lowest BCUT2D eigenvalue weighted by Gasteiger charge is -2.19. The monoisotopic (exact) mass is 329 g/mol. The van der Waals surface area contributed by atoms with E-state index in [-0.39, 0.29) is 6.61 Å². The standard InChI is InChI=1S/C14H20ClN3O2S/c1-9-10(2)21-14-12(9)13(15)16-11(17-14)8-18(4-6-19)5-7-20-3/h19H,4-8H2,1-3H3. The highest BCUT2D eigenvalue weighted by molar-refractivity contribution is 7.18. The van der Waals surface area contributed by atoms with Crippen molar-refractivity contribution in [3.8, 4) is 0 Å². The Balaban J connectivity index is 2.25. The highest BCUT2D eigenvalue weighted by atomic mass is 35.5. The van der Waals surface area contributed by atoms with Crippen LogP contribution in [0.2, 0.25) is 5.15 Å². The van der Waals surface area contributed by atoms with Crippen LogP contribution in [-0.4, -0.2) is 53.4 Å². The lowest BCUT2D eigenvalue weighted by Crippen LogP contribution is -2.30. The molecule has 0 aromatic carbocycles. The van der Waals surface area contributed by atoms with E-state index in [0.717, 1.165) is 22.3 Å². The van der Waals surface area contributed by atoms with Crippen molar-refractivity contribution in [1.29, 1.82) is 0 Å². The van der Waals surface area contributed by atoms with E-state index in [1.807, 2.05) is 11.8 Å². The summed E-state index contributed by atoms with van der Waals surface area (Å²) in [5, 5.41) is 10.6. The number of halogens is 1. The Kier molecular flexibility index (Phi) is 5.89. The Morgan fingerprint density at radius 2 is 2.05 bits per heavy atom. The van der Waals surface area contributed by atoms with E-state index in [4.69, 9.17) is 21.4 Å². The molecule has 0 fully saturated rings. The smallest absolute Gasteiger partial charge is 0.145 e. The molecule has 7 heteroatoms. The lowest BCUT2D eigenvalue weighted by atomic mass is 10.2. The van der Waals surface area contributed by atoms with Crippen molar-refractivity contribution in [1.82, 2.24) is 14.9 Å². The van der Waals surface area contributed by atoms with Crippen LogP contribution in [0.1, 0.15) is 16.3 Å². The molecule has 2 aromatic heterocycles. The normalized spacial score (nSPS) is 11.7. The molecule has 21 heavy (non-hydrogen) atoms. The van der Waals surface area contributed by atoms with Crippen LogP contribution in [0.4, 0.5) is 0 Å². The number of methoxy groups -OCH3 is 1. The number of hydrogen-bond donors (Lipinski definition) is 1. The predicted octanol–water partition coefficient (Wildman–Crippen LogP) is 2.40. The van der Waals surface area contributed by atoms with Gasteiger partial charge < -0.3 is 9.84 Å². The van der Waals surface area contributed by atoms with E-state index in [2.05, 4.69) is 16.9 Å². The van der Waals surface area contributed by atoms with Crippen LogP contribution in [0.25, 0.3) is 10.2 Å². The van der Waals surface area contributed by atoms with E-state index in [1.165, 1.54) is 4.88 Å². The average molecular weight is 330 g/mol. The molecule has 0 aliphatic heterocycles. The molecule has 0 amide bonds. The minimum Gasteiger partial charge on any atom is -0.395 e. The molecule has 116 valence electrons. The number of thiophene rings is 1. The third-order valence-corrected chi connectivity index (χ3v) is 4.80. The average Bonchev–Trinajstić information content (AvgIpc) is 2.72. The number of fused-ring (bicyclic) bond motifs is 1. The second-order valence-corrected chi connectivity index (χ2v) is 6.45. The molecular weight excluding hydrogens is 310 g/mol. The zero-order valence-electron chi connectivity index (χ0n) is 12.5. The zero-order chi connectivity index (χ0) is 15.4. The first-order valence-corrected chi connectivity index (χ1v) is 8.00. The first kappa shape index (κ1) is 16.6. The number of nitrogens with zero attached hydrogens (tertiary/aromatic N) is 3. The number of aliphatic hydroxyl groups excluding tert-OH is 1. The second kappa shape index (κ2) is 7.47. The topological polar surface area (TPSA) is 58.5 Å². The van der Waals surface area contributed by atoms with Crippen LogP contribution < -0.4 is 0 Å². The van der Waals surface area contributed by atoms with Crippen molar-refractivity contribution >= 4 is 33.2 Å². The molecule has 1 N–H and O–H groups in total. The van der Waals surface area contributed by atoms with Gasteiger partial charge in [0.1, 0.15) is 15.8 Å². The van der Waals surface area contributed by atoms with Crippen molar-refractivity contribution < 1.29 is 9.84 Å². The Hall–Kier alpha value is -0.790. The summed E-state index contributed by atoms with van der Waals surface area (Å²) >= 11 is 7.95. The van der Waals surface area contributed by atoms with Gasteiger partial charge in [0.15, 0.2) is 0 Å². The maximum atomic E-state index is 9.13. The molecule has 0 saturated heterocycles. The zero-order valence-corrected chi connectivity index (χ0v) is 14.1. The summed E-state index contributed by atoms with van der Waals surface area (Å²) < 4.78 is 5.08. The van der Waals surface area contributed by atoms with Gasteiger partial charge >= 0.3 is 0 Å². The number of hydrogen-bond acceptors (Lipinski definition) is 6. The third-order valence-electron chi connectivity index (χ3n) is 3.42. The van der Waals surface area contributed by atoms with Crippen LogP contribution >= 0.6 is 22.9 Å². The molecule has 2 rings (SSSR count). The summed E-state index contributed by atoms with van der Waals surface area (Å²) in [5.41, 5.74) is 1.15. The van der Waals surface area contributed by atoms with Gasteiger partial charge in [-0.05, 0) is 19.4 Å². The summed E-state index contributed by atoms with van der Waals surface area (Å²) in [6.07, 6.45) is 0. The van der Waals surface area contributed by atoms with Gasteiger partial charge in [-0.3, -0.25) is 4.90 Å². The fraction of sp³-hybridized carbons (Fsp3) is 0.571. The molecule has 0 saturated carbocycles. The molecule has 0 bridgehead atoms. The van der Waals surface area contributed by atoms with Gasteiger partial charge in [-0.1, -0.05) is 11.6 Å². The van der Waals surface area contributed by atoms with Gasteiger partial charge in [0, 0.05) is 25.1 Å². The molecule has 0 aliphatic carbocycles. The molecule has 5 nitrogen and oxygen atoms in total. The third kappa shape index (κ3) is 3.90. The van der Waals surface area contributed by atoms with Gasteiger partial charge in [-0.2, -0.15) is 0 Å². The van der Waals surface area contributed by atoms with Crippen molar-refractivity contribution in [3.63, 3.8) is 0 Å². The lowest BCUT2D eigenvalue weighted by molar-refractivity contribution is 0.125. The van der Waals surface area contributed by atoms with Crippen molar-refractivity contribution in [3.05, 3.63) is 21.4 Å². The van der Waals surface area contributed by atoms with Crippen LogP contribution in [0.5, 0.6) is 0 Å². The second-order valence-electron chi connectivity index (χ2n) is 4.89. The number of aliphatic hydroxyl groups is 1. The summed E-state index contributed by atoms with van der Waals surface area (Å²) in [6, 6.07) is 0. The van der Waals surface area contributed by atoms with Crippen molar-refractivity contribution in [2.45, 2.75) is 20.4 Å². The number of aryl methyl sites for hydroxylation is 2. The van der Waals surface area contributed by atoms with Crippen LogP contribution in [0, 0.1) is 13.8 Å². The van der Waals surface area contributed by atoms with Crippen molar-refractivity contribution in [2.75, 3.05) is 33.4 Å². The molecule has 2 aromatic rings. The molecule has 0 atom stereocenters. The molecule has 0 radical (unpaired) electrons. The number of ether oxygens (including phenoxy) is 1. The quantitative estimate of drug-likeness (QED) is 0.790. The van der Waals surface area contributed by atoms with Gasteiger partial charge in [0.25, 0.3) is 0 Å². The Labute approximate surface area is 133 Å². The van der Waals surface area contributed by atoms with E-state index in [1.54, 1.807) is 18.4 Å². The summed E-state index contributed by atoms with van der Waals surface area (Å²) in [4.78, 5) is 13.2. The Morgan fingerprint density at radius 3 is 2.71 bits per heavy atom. The number of rotatable bonds is 7. The van der Waals surface area contributed by atoms with E-state index >= 15 is 0 Å². The van der Waals surface area contributed by atoms with E-state index in [9.17, 15) is 0 Å². The van der Waals surface area contributed by atoms with Crippen molar-refractivity contribution in [2.24, 2.45) is 0 Å². The Bertz CT molecular complexity index is 618. The fourth-order valence-corrected chi connectivity index (χ4v) is 3.58. The van der Waals surface area contributed by atoms with Crippen LogP contribution in [0.3, 0.4) is 0 Å². The van der Waals surface area contributed by atoms with Crippen LogP contribution in [0.15, 0.2) is 0 Å². The highest BCUT2D eigenvalue weighted by Gasteiger charge is 2.15. The molecule has 0 unspecified atom stereocenters. The summed E-state index contributed by atoms with van der Waals surface area (Å²) in [7, 11) is 1.66. The largest absolute Gasteiger partial charge is 0.395 e. The predicted molar refractivity (Wildman–Crippen MR) is 86.1 cm³/mol. The maximum absolute atomic E-state index is 9.13. The minimum absolute atomic E-state index is 0.0942. The first-order valence-electron chi connectivity index (χ1n) is 6.81. The summed E-state index contributed by atoms with van der Waals surface area (Å²) in [5.74, 6) is 0.679. The van der Waals surface area contributed by atoms with Gasteiger partial charge in [-0.15, -0.1) is 11.3 Å². The van der Waals surface area contributed by atoms with Gasteiger partial charge in [-0.25, -0.2) is 9.97 Å². The number of aromatic nitrogens is 2. The molecule has 0 aliphatic rings. The SMILES string of the molecule is COCCN(CCO)Cc1nc(Cl)c2c(C)c(C)sc2n1. The van der Waals surface area contributed by atoms with Crippen LogP contribution in [-0.2, 0) is 11.3 Å². The van der Waals surface area contributed by atoms with Gasteiger partial charge in [0.2, 0.25) is 0 Å². The first-order chi connectivity index (χ1) is 10.1. The minimum atomic E-state index is 0.0942.